The zero-order chi connectivity index (χ0) is 12.8. The summed E-state index contributed by atoms with van der Waals surface area (Å²) in [5, 5.41) is 17.4. The first kappa shape index (κ1) is 13.1. The molecule has 0 heterocycles. The molecule has 1 aromatic rings. The highest BCUT2D eigenvalue weighted by Crippen LogP contribution is 2.06. The van der Waals surface area contributed by atoms with E-state index in [0.717, 1.165) is 5.56 Å². The zero-order valence-corrected chi connectivity index (χ0v) is 8.95. The summed E-state index contributed by atoms with van der Waals surface area (Å²) in [4.78, 5) is 21.4. The summed E-state index contributed by atoms with van der Waals surface area (Å²) >= 11 is 0. The summed E-state index contributed by atoms with van der Waals surface area (Å²) in [6.45, 7) is -0.00120. The fourth-order valence-electron chi connectivity index (χ4n) is 1.22. The van der Waals surface area contributed by atoms with Crippen LogP contribution < -0.4 is 5.73 Å². The summed E-state index contributed by atoms with van der Waals surface area (Å²) in [7, 11) is 0. The van der Waals surface area contributed by atoms with Gasteiger partial charge in [0, 0.05) is 0 Å². The summed E-state index contributed by atoms with van der Waals surface area (Å²) in [5.41, 5.74) is 5.97. The van der Waals surface area contributed by atoms with Gasteiger partial charge < -0.3 is 20.7 Å². The molecular formula is C11H13NO5. The maximum absolute atomic E-state index is 10.8. The number of aliphatic carboxylic acids is 2. The smallest absolute Gasteiger partial charge is 0.335 e. The van der Waals surface area contributed by atoms with Gasteiger partial charge in [-0.05, 0) is 5.56 Å². The molecule has 6 nitrogen and oxygen atoms in total. The molecule has 0 radical (unpaired) electrons. The number of ether oxygens (including phenoxy) is 1. The minimum atomic E-state index is -1.59. The van der Waals surface area contributed by atoms with Crippen molar-refractivity contribution in [1.29, 1.82) is 0 Å². The van der Waals surface area contributed by atoms with Crippen LogP contribution in [0.3, 0.4) is 0 Å². The number of nitrogens with two attached hydrogens (primary N) is 1. The third-order valence-electron chi connectivity index (χ3n) is 2.13. The molecule has 0 aliphatic carbocycles. The van der Waals surface area contributed by atoms with Gasteiger partial charge in [-0.2, -0.15) is 0 Å². The minimum Gasteiger partial charge on any atom is -0.480 e. The van der Waals surface area contributed by atoms with Crippen molar-refractivity contribution in [3.8, 4) is 0 Å². The van der Waals surface area contributed by atoms with Crippen molar-refractivity contribution >= 4 is 11.9 Å². The monoisotopic (exact) mass is 239 g/mol. The molecule has 0 aliphatic heterocycles. The average Bonchev–Trinajstić information content (AvgIpc) is 2.29. The number of rotatable bonds is 6. The molecule has 0 aromatic heterocycles. The Morgan fingerprint density at radius 2 is 1.76 bits per heavy atom. The van der Waals surface area contributed by atoms with Crippen LogP contribution in [-0.2, 0) is 20.9 Å². The van der Waals surface area contributed by atoms with E-state index in [4.69, 9.17) is 20.7 Å². The molecule has 6 heteroatoms. The fourth-order valence-corrected chi connectivity index (χ4v) is 1.22. The number of carbonyl (C=O) groups is 2. The Labute approximate surface area is 97.6 Å². The summed E-state index contributed by atoms with van der Waals surface area (Å²) in [5.74, 6) is -2.80. The van der Waals surface area contributed by atoms with Crippen LogP contribution in [0.5, 0.6) is 0 Å². The second-order valence-electron chi connectivity index (χ2n) is 3.42. The van der Waals surface area contributed by atoms with Gasteiger partial charge >= 0.3 is 11.9 Å². The van der Waals surface area contributed by atoms with Crippen molar-refractivity contribution in [2.75, 3.05) is 0 Å². The second-order valence-corrected chi connectivity index (χ2v) is 3.42. The summed E-state index contributed by atoms with van der Waals surface area (Å²) in [6.07, 6.45) is -1.56. The van der Waals surface area contributed by atoms with Crippen LogP contribution in [0.15, 0.2) is 30.3 Å². The highest BCUT2D eigenvalue weighted by Gasteiger charge is 2.31. The maximum atomic E-state index is 10.8. The Bertz CT molecular complexity index is 392. The van der Waals surface area contributed by atoms with E-state index in [1.807, 2.05) is 0 Å². The van der Waals surface area contributed by atoms with Crippen LogP contribution in [0.25, 0.3) is 0 Å². The van der Waals surface area contributed by atoms with Crippen LogP contribution in [0, 0.1) is 0 Å². The van der Waals surface area contributed by atoms with Gasteiger partial charge in [0.1, 0.15) is 6.04 Å². The van der Waals surface area contributed by atoms with E-state index in [2.05, 4.69) is 0 Å². The standard InChI is InChI=1S/C11H13NO5/c12-8(10(13)14)9(11(15)16)17-6-7-4-2-1-3-5-7/h1-5,8-9H,6,12H2,(H,13,14)(H,15,16)/t8-,9+/m0/s1. The molecule has 4 N–H and O–H groups in total. The van der Waals surface area contributed by atoms with E-state index < -0.39 is 24.1 Å². The second kappa shape index (κ2) is 5.97. The Hall–Kier alpha value is -1.92. The van der Waals surface area contributed by atoms with Gasteiger partial charge in [-0.1, -0.05) is 30.3 Å². The van der Waals surface area contributed by atoms with E-state index in [-0.39, 0.29) is 6.61 Å². The maximum Gasteiger partial charge on any atom is 0.335 e. The fraction of sp³-hybridized carbons (Fsp3) is 0.273. The number of benzene rings is 1. The number of hydrogen-bond acceptors (Lipinski definition) is 4. The van der Waals surface area contributed by atoms with Crippen LogP contribution >= 0.6 is 0 Å². The van der Waals surface area contributed by atoms with Crippen LogP contribution in [0.1, 0.15) is 5.56 Å². The van der Waals surface area contributed by atoms with Crippen molar-refractivity contribution in [2.45, 2.75) is 18.8 Å². The van der Waals surface area contributed by atoms with Gasteiger partial charge in [-0.3, -0.25) is 4.79 Å². The lowest BCUT2D eigenvalue weighted by atomic mass is 10.1. The molecule has 0 saturated heterocycles. The summed E-state index contributed by atoms with van der Waals surface area (Å²) in [6, 6.07) is 7.24. The van der Waals surface area contributed by atoms with Gasteiger partial charge in [0.25, 0.3) is 0 Å². The van der Waals surface area contributed by atoms with Crippen molar-refractivity contribution in [3.63, 3.8) is 0 Å². The molecule has 0 bridgehead atoms. The third-order valence-corrected chi connectivity index (χ3v) is 2.13. The van der Waals surface area contributed by atoms with E-state index in [1.54, 1.807) is 30.3 Å². The van der Waals surface area contributed by atoms with E-state index in [1.165, 1.54) is 0 Å². The van der Waals surface area contributed by atoms with Crippen molar-refractivity contribution in [3.05, 3.63) is 35.9 Å². The molecule has 1 aromatic carbocycles. The Balaban J connectivity index is 2.63. The zero-order valence-electron chi connectivity index (χ0n) is 8.95. The van der Waals surface area contributed by atoms with Gasteiger partial charge in [-0.15, -0.1) is 0 Å². The summed E-state index contributed by atoms with van der Waals surface area (Å²) < 4.78 is 5.01. The quantitative estimate of drug-likeness (QED) is 0.648. The van der Waals surface area contributed by atoms with E-state index >= 15 is 0 Å². The van der Waals surface area contributed by atoms with Gasteiger partial charge in [0.2, 0.25) is 0 Å². The number of carboxylic acid groups (broad SMARTS) is 2. The van der Waals surface area contributed by atoms with E-state index in [9.17, 15) is 9.59 Å². The first-order valence-corrected chi connectivity index (χ1v) is 4.89. The van der Waals surface area contributed by atoms with Crippen LogP contribution in [0.2, 0.25) is 0 Å². The molecule has 0 spiro atoms. The predicted molar refractivity (Wildman–Crippen MR) is 58.3 cm³/mol. The number of hydrogen-bond donors (Lipinski definition) is 3. The lowest BCUT2D eigenvalue weighted by molar-refractivity contribution is -0.159. The Morgan fingerprint density at radius 3 is 2.24 bits per heavy atom. The molecule has 0 amide bonds. The number of carboxylic acids is 2. The third kappa shape index (κ3) is 3.86. The van der Waals surface area contributed by atoms with Crippen LogP contribution in [-0.4, -0.2) is 34.3 Å². The molecule has 0 unspecified atom stereocenters. The van der Waals surface area contributed by atoms with Crippen molar-refractivity contribution in [1.82, 2.24) is 0 Å². The first-order chi connectivity index (χ1) is 8.02. The molecule has 0 saturated carbocycles. The highest BCUT2D eigenvalue weighted by atomic mass is 16.5. The SMILES string of the molecule is N[C@H](C(=O)O)[C@@H](OCc1ccccc1)C(=O)O. The molecule has 0 aliphatic rings. The lowest BCUT2D eigenvalue weighted by Crippen LogP contribution is -2.47. The highest BCUT2D eigenvalue weighted by molar-refractivity contribution is 5.84. The average molecular weight is 239 g/mol. The largest absolute Gasteiger partial charge is 0.480 e. The molecular weight excluding hydrogens is 226 g/mol. The van der Waals surface area contributed by atoms with Gasteiger partial charge in [0.05, 0.1) is 6.61 Å². The normalized spacial score (nSPS) is 13.9. The van der Waals surface area contributed by atoms with Crippen molar-refractivity contribution < 1.29 is 24.5 Å². The molecule has 17 heavy (non-hydrogen) atoms. The Morgan fingerprint density at radius 1 is 1.18 bits per heavy atom. The molecule has 92 valence electrons. The lowest BCUT2D eigenvalue weighted by Gasteiger charge is -2.17. The van der Waals surface area contributed by atoms with Crippen molar-refractivity contribution in [2.24, 2.45) is 5.73 Å². The first-order valence-electron chi connectivity index (χ1n) is 4.89. The topological polar surface area (TPSA) is 110 Å². The van der Waals surface area contributed by atoms with Gasteiger partial charge in [0.15, 0.2) is 6.10 Å². The molecule has 0 fully saturated rings. The molecule has 2 atom stereocenters. The Kier molecular flexibility index (Phi) is 4.62. The van der Waals surface area contributed by atoms with Gasteiger partial charge in [-0.25, -0.2) is 4.79 Å². The minimum absolute atomic E-state index is 0.00120. The van der Waals surface area contributed by atoms with E-state index in [0.29, 0.717) is 0 Å². The predicted octanol–water partition coefficient (Wildman–Crippen LogP) is 0.0683. The van der Waals surface area contributed by atoms with Crippen LogP contribution in [0.4, 0.5) is 0 Å². The molecule has 1 rings (SSSR count).